The molecule has 0 radical (unpaired) electrons. The zero-order valence-corrected chi connectivity index (χ0v) is 18.6. The summed E-state index contributed by atoms with van der Waals surface area (Å²) in [6, 6.07) is 3.45. The highest BCUT2D eigenvalue weighted by Gasteiger charge is 2.51. The molecule has 12 heteroatoms. The van der Waals surface area contributed by atoms with Crippen LogP contribution >= 0.6 is 0 Å². The number of rotatable bonds is 5. The average Bonchev–Trinajstić information content (AvgIpc) is 3.31. The first-order valence-corrected chi connectivity index (χ1v) is 11.0. The van der Waals surface area contributed by atoms with Crippen molar-refractivity contribution in [2.24, 2.45) is 11.8 Å². The highest BCUT2D eigenvalue weighted by atomic mass is 19.4. The smallest absolute Gasteiger partial charge is 0.352 e. The number of nitrogens with zero attached hydrogens (tertiary/aromatic N) is 7. The Kier molecular flexibility index (Phi) is 5.45. The van der Waals surface area contributed by atoms with E-state index < -0.39 is 11.7 Å². The largest absolute Gasteiger partial charge is 0.419 e. The number of aromatic nitrogens is 6. The molecule has 3 aromatic rings. The summed E-state index contributed by atoms with van der Waals surface area (Å²) in [7, 11) is 0. The zero-order chi connectivity index (χ0) is 24.0. The van der Waals surface area contributed by atoms with Crippen molar-refractivity contribution in [1.29, 1.82) is 0 Å². The third kappa shape index (κ3) is 3.97. The highest BCUT2D eigenvalue weighted by molar-refractivity contribution is 5.96. The molecule has 2 bridgehead atoms. The molecule has 3 aromatic heterocycles. The quantitative estimate of drug-likeness (QED) is 0.609. The standard InChI is InChI=1S/C22H23F3N8O/c1-12-3-4-17(33-29-5-6-30-33)19(31-12)20(34)32-16-7-14(8-16)13(2)18(32)11-28-21-26-9-15(10-27-21)22(23,24)25/h3-6,9-10,13-14,16,18H,7-8,11H2,1-2H3,(H,26,27,28)/t13-,14?,16?,18?/m1/s1. The lowest BCUT2D eigenvalue weighted by molar-refractivity contribution is -0.138. The molecule has 1 saturated carbocycles. The van der Waals surface area contributed by atoms with Crippen molar-refractivity contribution >= 4 is 11.9 Å². The summed E-state index contributed by atoms with van der Waals surface area (Å²) < 4.78 is 38.4. The Hall–Kier alpha value is -3.57. The summed E-state index contributed by atoms with van der Waals surface area (Å²) in [5.74, 6) is 0.548. The van der Waals surface area contributed by atoms with Crippen LogP contribution in [-0.2, 0) is 6.18 Å². The number of aryl methyl sites for hydroxylation is 1. The van der Waals surface area contributed by atoms with E-state index in [4.69, 9.17) is 0 Å². The predicted octanol–water partition coefficient (Wildman–Crippen LogP) is 3.13. The van der Waals surface area contributed by atoms with Crippen LogP contribution in [0.1, 0.15) is 41.5 Å². The summed E-state index contributed by atoms with van der Waals surface area (Å²) >= 11 is 0. The van der Waals surface area contributed by atoms with Gasteiger partial charge in [0.15, 0.2) is 5.69 Å². The van der Waals surface area contributed by atoms with Crippen LogP contribution in [-0.4, -0.2) is 59.4 Å². The van der Waals surface area contributed by atoms with E-state index in [9.17, 15) is 18.0 Å². The Morgan fingerprint density at radius 3 is 2.47 bits per heavy atom. The number of fused-ring (bicyclic) bond motifs is 2. The van der Waals surface area contributed by atoms with Crippen molar-refractivity contribution in [2.45, 2.75) is 44.9 Å². The van der Waals surface area contributed by atoms with Crippen LogP contribution < -0.4 is 5.32 Å². The topological polar surface area (TPSA) is 102 Å². The number of carbonyl (C=O) groups is 1. The van der Waals surface area contributed by atoms with Gasteiger partial charge in [0.25, 0.3) is 5.91 Å². The predicted molar refractivity (Wildman–Crippen MR) is 115 cm³/mol. The molecule has 0 aromatic carbocycles. The van der Waals surface area contributed by atoms with Gasteiger partial charge in [-0.1, -0.05) is 6.92 Å². The lowest BCUT2D eigenvalue weighted by Crippen LogP contribution is -2.64. The number of hydrogen-bond acceptors (Lipinski definition) is 7. The maximum atomic E-state index is 13.8. The molecule has 2 aliphatic heterocycles. The van der Waals surface area contributed by atoms with Crippen molar-refractivity contribution in [3.63, 3.8) is 0 Å². The number of nitrogens with one attached hydrogen (secondary N) is 1. The first-order valence-electron chi connectivity index (χ1n) is 11.0. The molecule has 2 atom stereocenters. The number of alkyl halides is 3. The lowest BCUT2D eigenvalue weighted by atomic mass is 9.64. The van der Waals surface area contributed by atoms with Crippen molar-refractivity contribution in [1.82, 2.24) is 34.8 Å². The van der Waals surface area contributed by atoms with Gasteiger partial charge in [-0.05, 0) is 43.7 Å². The van der Waals surface area contributed by atoms with Gasteiger partial charge in [0.2, 0.25) is 5.95 Å². The molecule has 1 unspecified atom stereocenters. The fourth-order valence-corrected chi connectivity index (χ4v) is 4.82. The van der Waals surface area contributed by atoms with Crippen LogP contribution in [0.4, 0.5) is 19.1 Å². The van der Waals surface area contributed by atoms with Gasteiger partial charge in [0.05, 0.1) is 24.0 Å². The van der Waals surface area contributed by atoms with Crippen LogP contribution in [0.15, 0.2) is 36.9 Å². The van der Waals surface area contributed by atoms with E-state index in [0.29, 0.717) is 23.8 Å². The molecular weight excluding hydrogens is 449 g/mol. The first kappa shape index (κ1) is 22.2. The summed E-state index contributed by atoms with van der Waals surface area (Å²) in [6.07, 6.45) is 1.90. The second-order valence-electron chi connectivity index (χ2n) is 8.84. The van der Waals surface area contributed by atoms with E-state index in [1.165, 1.54) is 17.2 Å². The minimum absolute atomic E-state index is 0.0785. The van der Waals surface area contributed by atoms with Gasteiger partial charge in [-0.15, -0.1) is 4.80 Å². The minimum Gasteiger partial charge on any atom is -0.352 e. The third-order valence-corrected chi connectivity index (χ3v) is 6.78. The second-order valence-corrected chi connectivity index (χ2v) is 8.84. The number of anilines is 1. The van der Waals surface area contributed by atoms with Crippen LogP contribution in [0.3, 0.4) is 0 Å². The number of amides is 1. The van der Waals surface area contributed by atoms with Gasteiger partial charge in [0.1, 0.15) is 5.69 Å². The fourth-order valence-electron chi connectivity index (χ4n) is 4.82. The lowest BCUT2D eigenvalue weighted by Gasteiger charge is -2.57. The molecule has 0 spiro atoms. The Bertz CT molecular complexity index is 1180. The van der Waals surface area contributed by atoms with Gasteiger partial charge >= 0.3 is 6.18 Å². The molecule has 2 saturated heterocycles. The normalized spacial score (nSPS) is 24.0. The van der Waals surface area contributed by atoms with E-state index >= 15 is 0 Å². The van der Waals surface area contributed by atoms with Crippen molar-refractivity contribution < 1.29 is 18.0 Å². The number of pyridine rings is 1. The van der Waals surface area contributed by atoms with E-state index in [2.05, 4.69) is 37.4 Å². The maximum absolute atomic E-state index is 13.8. The second kappa shape index (κ2) is 8.33. The van der Waals surface area contributed by atoms with Gasteiger partial charge in [-0.3, -0.25) is 4.79 Å². The molecule has 3 fully saturated rings. The summed E-state index contributed by atoms with van der Waals surface area (Å²) in [4.78, 5) is 29.2. The first-order chi connectivity index (χ1) is 16.2. The van der Waals surface area contributed by atoms with Crippen LogP contribution in [0.2, 0.25) is 0 Å². The molecule has 9 nitrogen and oxygen atoms in total. The van der Waals surface area contributed by atoms with E-state index in [1.54, 1.807) is 12.1 Å². The van der Waals surface area contributed by atoms with Crippen molar-refractivity contribution in [3.05, 3.63) is 53.9 Å². The monoisotopic (exact) mass is 472 g/mol. The molecule has 1 amide bonds. The Morgan fingerprint density at radius 2 is 1.82 bits per heavy atom. The molecular formula is C22H23F3N8O. The number of carbonyl (C=O) groups excluding carboxylic acids is 1. The molecule has 5 heterocycles. The van der Waals surface area contributed by atoms with Gasteiger partial charge < -0.3 is 10.2 Å². The molecule has 6 rings (SSSR count). The van der Waals surface area contributed by atoms with Gasteiger partial charge in [-0.2, -0.15) is 23.4 Å². The van der Waals surface area contributed by atoms with E-state index in [1.807, 2.05) is 11.8 Å². The minimum atomic E-state index is -4.50. The third-order valence-electron chi connectivity index (χ3n) is 6.78. The van der Waals surface area contributed by atoms with Crippen LogP contribution in [0, 0.1) is 18.8 Å². The van der Waals surface area contributed by atoms with Gasteiger partial charge in [0, 0.05) is 30.7 Å². The summed E-state index contributed by atoms with van der Waals surface area (Å²) in [5, 5.41) is 11.3. The highest BCUT2D eigenvalue weighted by Crippen LogP contribution is 2.47. The van der Waals surface area contributed by atoms with Crippen LogP contribution in [0.25, 0.3) is 5.69 Å². The maximum Gasteiger partial charge on any atom is 0.419 e. The molecule has 1 N–H and O–H groups in total. The summed E-state index contributed by atoms with van der Waals surface area (Å²) in [6.45, 7) is 4.22. The fraction of sp³-hybridized carbons (Fsp3) is 0.455. The van der Waals surface area contributed by atoms with Gasteiger partial charge in [-0.25, -0.2) is 15.0 Å². The van der Waals surface area contributed by atoms with E-state index in [0.717, 1.165) is 25.2 Å². The van der Waals surface area contributed by atoms with Crippen molar-refractivity contribution in [3.8, 4) is 5.69 Å². The SMILES string of the molecule is Cc1ccc(-n2nccn2)c(C(=O)N2C3CC(C3)[C@@H](C)C2CNc2ncc(C(F)(F)F)cn2)n1. The Labute approximate surface area is 193 Å². The van der Waals surface area contributed by atoms with E-state index in [-0.39, 0.29) is 35.6 Å². The average molecular weight is 472 g/mol. The summed E-state index contributed by atoms with van der Waals surface area (Å²) in [5.41, 5.74) is 0.549. The van der Waals surface area contributed by atoms with Crippen molar-refractivity contribution in [2.75, 3.05) is 11.9 Å². The van der Waals surface area contributed by atoms with Crippen LogP contribution in [0.5, 0.6) is 0 Å². The Balaban J connectivity index is 1.40. The number of hydrogen-bond donors (Lipinski definition) is 1. The Morgan fingerprint density at radius 1 is 1.15 bits per heavy atom. The zero-order valence-electron chi connectivity index (χ0n) is 18.6. The molecule has 34 heavy (non-hydrogen) atoms. The molecule has 3 aliphatic rings. The molecule has 1 aliphatic carbocycles. The number of halogens is 3. The molecule has 178 valence electrons. The number of piperidine rings is 2.